The third kappa shape index (κ3) is 2.81. The molecule has 1 saturated heterocycles. The van der Waals surface area contributed by atoms with Crippen LogP contribution in [0.4, 0.5) is 0 Å². The fourth-order valence-electron chi connectivity index (χ4n) is 3.69. The van der Waals surface area contributed by atoms with E-state index in [1.165, 1.54) is 0 Å². The highest BCUT2D eigenvalue weighted by atomic mass is 16.2. The zero-order chi connectivity index (χ0) is 17.4. The van der Waals surface area contributed by atoms with Crippen molar-refractivity contribution in [1.82, 2.24) is 14.5 Å². The Kier molecular flexibility index (Phi) is 4.01. The van der Waals surface area contributed by atoms with Crippen LogP contribution in [-0.4, -0.2) is 39.5 Å². The van der Waals surface area contributed by atoms with Crippen LogP contribution < -0.4 is 5.73 Å². The third-order valence-electron chi connectivity index (χ3n) is 5.10. The summed E-state index contributed by atoms with van der Waals surface area (Å²) < 4.78 is 2.03. The second kappa shape index (κ2) is 6.33. The zero-order valence-corrected chi connectivity index (χ0v) is 14.3. The molecule has 3 aromatic rings. The lowest BCUT2D eigenvalue weighted by Gasteiger charge is -2.21. The van der Waals surface area contributed by atoms with Gasteiger partial charge in [-0.15, -0.1) is 0 Å². The van der Waals surface area contributed by atoms with Crippen LogP contribution in [0, 0.1) is 5.92 Å². The number of rotatable bonds is 3. The number of carbonyl (C=O) groups excluding carboxylic acids is 1. The third-order valence-corrected chi connectivity index (χ3v) is 5.10. The zero-order valence-electron chi connectivity index (χ0n) is 14.3. The molecule has 1 aliphatic rings. The van der Waals surface area contributed by atoms with E-state index >= 15 is 0 Å². The Balaban J connectivity index is 1.59. The lowest BCUT2D eigenvalue weighted by atomic mass is 10.1. The molecular formula is C20H22N4O. The molecule has 0 bridgehead atoms. The Morgan fingerprint density at radius 1 is 1.20 bits per heavy atom. The number of para-hydroxylation sites is 2. The molecule has 2 atom stereocenters. The highest BCUT2D eigenvalue weighted by Crippen LogP contribution is 2.25. The van der Waals surface area contributed by atoms with Crippen LogP contribution in [0.5, 0.6) is 0 Å². The van der Waals surface area contributed by atoms with Crippen molar-refractivity contribution in [3.8, 4) is 5.69 Å². The largest absolute Gasteiger partial charge is 0.336 e. The van der Waals surface area contributed by atoms with Gasteiger partial charge in [0.2, 0.25) is 0 Å². The summed E-state index contributed by atoms with van der Waals surface area (Å²) in [5.74, 6) is 0.501. The molecule has 2 aromatic carbocycles. The summed E-state index contributed by atoms with van der Waals surface area (Å²) in [7, 11) is 0. The number of hydrogen-bond acceptors (Lipinski definition) is 3. The molecule has 25 heavy (non-hydrogen) atoms. The molecule has 2 N–H and O–H groups in total. The summed E-state index contributed by atoms with van der Waals surface area (Å²) in [5, 5.41) is 0. The number of carbonyl (C=O) groups is 1. The normalized spacial score (nSPS) is 20.3. The van der Waals surface area contributed by atoms with E-state index in [0.29, 0.717) is 12.5 Å². The minimum Gasteiger partial charge on any atom is -0.336 e. The molecule has 0 aliphatic carbocycles. The molecule has 1 amide bonds. The maximum atomic E-state index is 12.8. The summed E-state index contributed by atoms with van der Waals surface area (Å²) in [6.07, 6.45) is 2.80. The molecule has 0 spiro atoms. The Labute approximate surface area is 147 Å². The topological polar surface area (TPSA) is 64.2 Å². The number of nitrogens with two attached hydrogens (primary N) is 1. The van der Waals surface area contributed by atoms with Crippen molar-refractivity contribution in [2.75, 3.05) is 13.1 Å². The number of benzene rings is 2. The monoisotopic (exact) mass is 334 g/mol. The van der Waals surface area contributed by atoms with E-state index in [9.17, 15) is 4.79 Å². The van der Waals surface area contributed by atoms with Crippen molar-refractivity contribution in [2.45, 2.75) is 19.4 Å². The first-order chi connectivity index (χ1) is 12.2. The van der Waals surface area contributed by atoms with Crippen LogP contribution in [0.2, 0.25) is 0 Å². The van der Waals surface area contributed by atoms with Crippen molar-refractivity contribution < 1.29 is 4.79 Å². The number of nitrogens with zero attached hydrogens (tertiary/aromatic N) is 3. The number of aromatic nitrogens is 2. The lowest BCUT2D eigenvalue weighted by molar-refractivity contribution is 0.0743. The van der Waals surface area contributed by atoms with E-state index in [4.69, 9.17) is 5.73 Å². The first kappa shape index (κ1) is 15.8. The summed E-state index contributed by atoms with van der Waals surface area (Å²) in [6, 6.07) is 16.0. The summed E-state index contributed by atoms with van der Waals surface area (Å²) >= 11 is 0. The molecule has 4 rings (SSSR count). The minimum atomic E-state index is 0.0884. The molecule has 128 valence electrons. The Morgan fingerprint density at radius 3 is 2.68 bits per heavy atom. The average Bonchev–Trinajstić information content (AvgIpc) is 3.24. The van der Waals surface area contributed by atoms with E-state index in [-0.39, 0.29) is 11.9 Å². The number of likely N-dealkylation sites (tertiary alicyclic amines) is 1. The van der Waals surface area contributed by atoms with Crippen LogP contribution in [0.3, 0.4) is 0 Å². The average molecular weight is 334 g/mol. The quantitative estimate of drug-likeness (QED) is 0.801. The molecule has 2 heterocycles. The highest BCUT2D eigenvalue weighted by Gasteiger charge is 2.31. The van der Waals surface area contributed by atoms with Crippen LogP contribution >= 0.6 is 0 Å². The number of hydrogen-bond donors (Lipinski definition) is 1. The van der Waals surface area contributed by atoms with Crippen LogP contribution in [0.15, 0.2) is 54.9 Å². The first-order valence-corrected chi connectivity index (χ1v) is 8.71. The highest BCUT2D eigenvalue weighted by molar-refractivity contribution is 5.95. The molecule has 0 radical (unpaired) electrons. The van der Waals surface area contributed by atoms with Gasteiger partial charge in [0.05, 0.1) is 11.0 Å². The van der Waals surface area contributed by atoms with Crippen molar-refractivity contribution in [1.29, 1.82) is 0 Å². The van der Waals surface area contributed by atoms with Gasteiger partial charge in [-0.05, 0) is 62.2 Å². The second-order valence-electron chi connectivity index (χ2n) is 6.79. The standard InChI is InChI=1S/C20H22N4O/c1-14-10-15(11-21)12-23(14)20(25)16-6-8-17(9-7-16)24-13-22-18-4-2-3-5-19(18)24/h2-9,13-15H,10-12,21H2,1H3. The predicted octanol–water partition coefficient (Wildman–Crippen LogP) is 2.83. The van der Waals surface area contributed by atoms with E-state index in [2.05, 4.69) is 11.9 Å². The van der Waals surface area contributed by atoms with Gasteiger partial charge in [0.25, 0.3) is 5.91 Å². The van der Waals surface area contributed by atoms with Gasteiger partial charge in [0.1, 0.15) is 6.33 Å². The summed E-state index contributed by atoms with van der Waals surface area (Å²) in [5.41, 5.74) is 9.51. The molecule has 5 nitrogen and oxygen atoms in total. The summed E-state index contributed by atoms with van der Waals surface area (Å²) in [6.45, 7) is 3.49. The fourth-order valence-corrected chi connectivity index (χ4v) is 3.69. The van der Waals surface area contributed by atoms with Crippen LogP contribution in [-0.2, 0) is 0 Å². The van der Waals surface area contributed by atoms with Crippen LogP contribution in [0.25, 0.3) is 16.7 Å². The minimum absolute atomic E-state index is 0.0884. The van der Waals surface area contributed by atoms with Crippen molar-refractivity contribution in [3.05, 3.63) is 60.4 Å². The smallest absolute Gasteiger partial charge is 0.254 e. The molecule has 1 fully saturated rings. The second-order valence-corrected chi connectivity index (χ2v) is 6.79. The fraction of sp³-hybridized carbons (Fsp3) is 0.300. The van der Waals surface area contributed by atoms with Crippen LogP contribution in [0.1, 0.15) is 23.7 Å². The molecular weight excluding hydrogens is 312 g/mol. The molecule has 0 saturated carbocycles. The number of amides is 1. The van der Waals surface area contributed by atoms with Gasteiger partial charge in [-0.1, -0.05) is 12.1 Å². The SMILES string of the molecule is CC1CC(CN)CN1C(=O)c1ccc(-n2cnc3ccccc32)cc1. The Bertz CT molecular complexity index is 899. The molecule has 1 aromatic heterocycles. The number of imidazole rings is 1. The lowest BCUT2D eigenvalue weighted by Crippen LogP contribution is -2.34. The summed E-state index contributed by atoms with van der Waals surface area (Å²) in [4.78, 5) is 19.2. The molecule has 2 unspecified atom stereocenters. The maximum absolute atomic E-state index is 12.8. The Hall–Kier alpha value is -2.66. The maximum Gasteiger partial charge on any atom is 0.254 e. The van der Waals surface area contributed by atoms with Gasteiger partial charge in [-0.2, -0.15) is 0 Å². The van der Waals surface area contributed by atoms with Crippen molar-refractivity contribution in [3.63, 3.8) is 0 Å². The van der Waals surface area contributed by atoms with E-state index in [1.807, 2.05) is 64.3 Å². The number of fused-ring (bicyclic) bond motifs is 1. The molecule has 1 aliphatic heterocycles. The van der Waals surface area contributed by atoms with Gasteiger partial charge >= 0.3 is 0 Å². The molecule has 5 heteroatoms. The predicted molar refractivity (Wildman–Crippen MR) is 98.7 cm³/mol. The van der Waals surface area contributed by atoms with Gasteiger partial charge in [-0.25, -0.2) is 4.98 Å². The van der Waals surface area contributed by atoms with E-state index < -0.39 is 0 Å². The first-order valence-electron chi connectivity index (χ1n) is 8.71. The van der Waals surface area contributed by atoms with Gasteiger partial charge < -0.3 is 10.6 Å². The van der Waals surface area contributed by atoms with E-state index in [0.717, 1.165) is 35.2 Å². The van der Waals surface area contributed by atoms with Crippen molar-refractivity contribution in [2.24, 2.45) is 11.7 Å². The Morgan fingerprint density at radius 2 is 1.96 bits per heavy atom. The van der Waals surface area contributed by atoms with E-state index in [1.54, 1.807) is 0 Å². The van der Waals surface area contributed by atoms with Gasteiger partial charge in [0.15, 0.2) is 0 Å². The van der Waals surface area contributed by atoms with Crippen molar-refractivity contribution >= 4 is 16.9 Å². The van der Waals surface area contributed by atoms with Gasteiger partial charge in [0, 0.05) is 23.8 Å². The van der Waals surface area contributed by atoms with Gasteiger partial charge in [-0.3, -0.25) is 9.36 Å².